The van der Waals surface area contributed by atoms with E-state index >= 15 is 0 Å². The molecule has 2 aromatic carbocycles. The molecule has 34 heavy (non-hydrogen) atoms. The van der Waals surface area contributed by atoms with Crippen LogP contribution in [0.25, 0.3) is 11.1 Å². The van der Waals surface area contributed by atoms with Gasteiger partial charge in [-0.05, 0) is 34.1 Å². The Morgan fingerprint density at radius 1 is 1.09 bits per heavy atom. The Morgan fingerprint density at radius 3 is 2.21 bits per heavy atom. The highest BCUT2D eigenvalue weighted by molar-refractivity contribution is 5.81. The first kappa shape index (κ1) is 23.8. The lowest BCUT2D eigenvalue weighted by molar-refractivity contribution is -0.144. The number of alkyl carbamates (subject to hydrolysis) is 1. The molecule has 1 saturated heterocycles. The van der Waals surface area contributed by atoms with Crippen molar-refractivity contribution in [2.75, 3.05) is 19.7 Å². The van der Waals surface area contributed by atoms with E-state index in [1.807, 2.05) is 45.0 Å². The summed E-state index contributed by atoms with van der Waals surface area (Å²) in [5.74, 6) is -1.65. The maximum absolute atomic E-state index is 12.8. The summed E-state index contributed by atoms with van der Waals surface area (Å²) in [7, 11) is 0. The zero-order chi connectivity index (χ0) is 24.5. The summed E-state index contributed by atoms with van der Waals surface area (Å²) in [5.41, 5.74) is 4.13. The lowest BCUT2D eigenvalue weighted by Gasteiger charge is -2.23. The van der Waals surface area contributed by atoms with Gasteiger partial charge >= 0.3 is 12.1 Å². The van der Waals surface area contributed by atoms with Gasteiger partial charge in [0.15, 0.2) is 0 Å². The maximum atomic E-state index is 12.8. The zero-order valence-electron chi connectivity index (χ0n) is 19.9. The molecular formula is C27H32N2O5. The summed E-state index contributed by atoms with van der Waals surface area (Å²) in [6.07, 6.45) is 0.130. The average Bonchev–Trinajstić information content (AvgIpc) is 3.31. The highest BCUT2D eigenvalue weighted by Gasteiger charge is 2.45. The number of likely N-dealkylation sites (tertiary alicyclic amines) is 1. The first-order valence-corrected chi connectivity index (χ1v) is 11.8. The number of fused-ring (bicyclic) bond motifs is 3. The molecule has 7 nitrogen and oxygen atoms in total. The fourth-order valence-electron chi connectivity index (χ4n) is 5.18. The van der Waals surface area contributed by atoms with Crippen molar-refractivity contribution in [3.63, 3.8) is 0 Å². The summed E-state index contributed by atoms with van der Waals surface area (Å²) >= 11 is 0. The van der Waals surface area contributed by atoms with E-state index in [0.717, 1.165) is 22.3 Å². The lowest BCUT2D eigenvalue weighted by Crippen LogP contribution is -2.40. The summed E-state index contributed by atoms with van der Waals surface area (Å²) in [4.78, 5) is 38.6. The second-order valence-corrected chi connectivity index (χ2v) is 9.93. The van der Waals surface area contributed by atoms with Crippen LogP contribution >= 0.6 is 0 Å². The van der Waals surface area contributed by atoms with Crippen molar-refractivity contribution >= 4 is 18.0 Å². The number of nitrogens with one attached hydrogen (secondary N) is 1. The van der Waals surface area contributed by atoms with Gasteiger partial charge < -0.3 is 20.1 Å². The number of amides is 2. The van der Waals surface area contributed by atoms with E-state index in [1.54, 1.807) is 4.90 Å². The van der Waals surface area contributed by atoms with Gasteiger partial charge in [0.25, 0.3) is 0 Å². The fraction of sp³-hybridized carbons (Fsp3) is 0.444. The van der Waals surface area contributed by atoms with Crippen molar-refractivity contribution in [2.45, 2.75) is 45.6 Å². The number of carboxylic acid groups (broad SMARTS) is 1. The topological polar surface area (TPSA) is 95.9 Å². The number of rotatable bonds is 7. The molecule has 2 N–H and O–H groups in total. The molecule has 1 fully saturated rings. The summed E-state index contributed by atoms with van der Waals surface area (Å²) in [6, 6.07) is 15.9. The van der Waals surface area contributed by atoms with Crippen LogP contribution in [-0.2, 0) is 14.3 Å². The number of carbonyl (C=O) groups excluding carboxylic acids is 2. The van der Waals surface area contributed by atoms with E-state index in [9.17, 15) is 19.5 Å². The molecule has 1 heterocycles. The van der Waals surface area contributed by atoms with Crippen LogP contribution in [0.15, 0.2) is 48.5 Å². The van der Waals surface area contributed by atoms with Gasteiger partial charge in [-0.25, -0.2) is 4.79 Å². The first-order valence-electron chi connectivity index (χ1n) is 11.8. The molecule has 2 atom stereocenters. The van der Waals surface area contributed by atoms with Gasteiger partial charge in [0.1, 0.15) is 6.61 Å². The van der Waals surface area contributed by atoms with Crippen LogP contribution in [0.1, 0.15) is 50.7 Å². The Morgan fingerprint density at radius 2 is 1.68 bits per heavy atom. The SMILES string of the molecule is CCC(CC(=O)N1CC(C(=O)O)C(C)(C)C1)NC(=O)OCC1c2ccccc2-c2ccccc21. The second-order valence-electron chi connectivity index (χ2n) is 9.93. The largest absolute Gasteiger partial charge is 0.481 e. The number of hydrogen-bond acceptors (Lipinski definition) is 4. The van der Waals surface area contributed by atoms with E-state index < -0.39 is 23.4 Å². The van der Waals surface area contributed by atoms with Gasteiger partial charge in [-0.1, -0.05) is 69.3 Å². The number of carboxylic acids is 1. The van der Waals surface area contributed by atoms with Crippen molar-refractivity contribution in [3.05, 3.63) is 59.7 Å². The monoisotopic (exact) mass is 464 g/mol. The van der Waals surface area contributed by atoms with Gasteiger partial charge in [-0.15, -0.1) is 0 Å². The summed E-state index contributed by atoms with van der Waals surface area (Å²) in [6.45, 7) is 6.43. The normalized spacial score (nSPS) is 19.3. The quantitative estimate of drug-likeness (QED) is 0.638. The zero-order valence-corrected chi connectivity index (χ0v) is 19.9. The van der Waals surface area contributed by atoms with Crippen LogP contribution in [0.3, 0.4) is 0 Å². The van der Waals surface area contributed by atoms with E-state index in [-0.39, 0.29) is 37.4 Å². The third-order valence-electron chi connectivity index (χ3n) is 7.17. The van der Waals surface area contributed by atoms with E-state index in [1.165, 1.54) is 0 Å². The van der Waals surface area contributed by atoms with Gasteiger partial charge in [0.2, 0.25) is 5.91 Å². The van der Waals surface area contributed by atoms with Crippen molar-refractivity contribution < 1.29 is 24.2 Å². The second kappa shape index (κ2) is 9.49. The molecule has 7 heteroatoms. The number of aliphatic carboxylic acids is 1. The van der Waals surface area contributed by atoms with Crippen molar-refractivity contribution in [1.82, 2.24) is 10.2 Å². The van der Waals surface area contributed by atoms with Gasteiger partial charge in [0, 0.05) is 31.5 Å². The number of carbonyl (C=O) groups is 3. The Hall–Kier alpha value is -3.35. The van der Waals surface area contributed by atoms with Gasteiger partial charge in [0.05, 0.1) is 5.92 Å². The number of hydrogen-bond donors (Lipinski definition) is 2. The Kier molecular flexibility index (Phi) is 6.64. The lowest BCUT2D eigenvalue weighted by atomic mass is 9.82. The molecule has 0 bridgehead atoms. The maximum Gasteiger partial charge on any atom is 0.407 e. The molecule has 0 spiro atoms. The average molecular weight is 465 g/mol. The van der Waals surface area contributed by atoms with E-state index in [4.69, 9.17) is 4.74 Å². The third kappa shape index (κ3) is 4.65. The van der Waals surface area contributed by atoms with Crippen LogP contribution in [0.4, 0.5) is 4.79 Å². The minimum atomic E-state index is -0.885. The Balaban J connectivity index is 1.34. The van der Waals surface area contributed by atoms with Crippen LogP contribution in [0.2, 0.25) is 0 Å². The molecule has 2 unspecified atom stereocenters. The molecule has 1 aliphatic carbocycles. The van der Waals surface area contributed by atoms with Crippen LogP contribution in [0.5, 0.6) is 0 Å². The molecule has 2 aromatic rings. The Labute approximate surface area is 200 Å². The molecule has 2 aliphatic rings. The Bertz CT molecular complexity index is 1050. The van der Waals surface area contributed by atoms with Gasteiger partial charge in [-0.2, -0.15) is 0 Å². The highest BCUT2D eigenvalue weighted by Crippen LogP contribution is 2.44. The molecule has 4 rings (SSSR count). The molecular weight excluding hydrogens is 432 g/mol. The third-order valence-corrected chi connectivity index (χ3v) is 7.17. The molecule has 1 aliphatic heterocycles. The number of nitrogens with zero attached hydrogens (tertiary/aromatic N) is 1. The molecule has 0 aromatic heterocycles. The molecule has 0 radical (unpaired) electrons. The molecule has 180 valence electrons. The minimum absolute atomic E-state index is 0.0281. The van der Waals surface area contributed by atoms with Crippen LogP contribution in [0, 0.1) is 11.3 Å². The van der Waals surface area contributed by atoms with E-state index in [0.29, 0.717) is 13.0 Å². The van der Waals surface area contributed by atoms with E-state index in [2.05, 4.69) is 29.6 Å². The number of benzene rings is 2. The predicted molar refractivity (Wildman–Crippen MR) is 128 cm³/mol. The minimum Gasteiger partial charge on any atom is -0.481 e. The predicted octanol–water partition coefficient (Wildman–Crippen LogP) is 4.26. The fourth-order valence-corrected chi connectivity index (χ4v) is 5.18. The summed E-state index contributed by atoms with van der Waals surface area (Å²) in [5, 5.41) is 12.3. The highest BCUT2D eigenvalue weighted by atomic mass is 16.5. The molecule has 2 amide bonds. The van der Waals surface area contributed by atoms with Crippen molar-refractivity contribution in [3.8, 4) is 11.1 Å². The van der Waals surface area contributed by atoms with Crippen LogP contribution < -0.4 is 5.32 Å². The standard InChI is InChI=1S/C27H32N2O5/c1-4-17(13-24(30)29-14-23(25(31)32)27(2,3)16-29)28-26(33)34-15-22-20-11-7-5-9-18(20)19-10-6-8-12-21(19)22/h5-12,17,22-23H,4,13-16H2,1-3H3,(H,28,33)(H,31,32). The van der Waals surface area contributed by atoms with Crippen molar-refractivity contribution in [1.29, 1.82) is 0 Å². The molecule has 0 saturated carbocycles. The smallest absolute Gasteiger partial charge is 0.407 e. The van der Waals surface area contributed by atoms with Crippen LogP contribution in [-0.4, -0.2) is 53.7 Å². The number of ether oxygens (including phenoxy) is 1. The van der Waals surface area contributed by atoms with Gasteiger partial charge in [-0.3, -0.25) is 9.59 Å². The van der Waals surface area contributed by atoms with Crippen molar-refractivity contribution in [2.24, 2.45) is 11.3 Å². The first-order chi connectivity index (χ1) is 16.2. The summed E-state index contributed by atoms with van der Waals surface area (Å²) < 4.78 is 5.61.